The molecule has 0 aliphatic rings. The van der Waals surface area contributed by atoms with E-state index in [4.69, 9.17) is 9.15 Å². The molecule has 0 fully saturated rings. The van der Waals surface area contributed by atoms with Crippen LogP contribution >= 0.6 is 0 Å². The standard InChI is InChI=1S/C19H16O3/c1-13-10-17(18-9-8-15(12-20)22-18)19(21-2)11-16(13)14-6-4-3-5-7-14/h3-12H,1-2H3. The maximum atomic E-state index is 10.8. The van der Waals surface area contributed by atoms with Crippen LogP contribution in [0.1, 0.15) is 16.1 Å². The van der Waals surface area contributed by atoms with Gasteiger partial charge in [-0.15, -0.1) is 0 Å². The van der Waals surface area contributed by atoms with Gasteiger partial charge in [-0.05, 0) is 47.9 Å². The van der Waals surface area contributed by atoms with E-state index < -0.39 is 0 Å². The van der Waals surface area contributed by atoms with E-state index in [0.717, 1.165) is 28.0 Å². The fourth-order valence-corrected chi connectivity index (χ4v) is 2.54. The quantitative estimate of drug-likeness (QED) is 0.652. The average molecular weight is 292 g/mol. The molecule has 0 saturated carbocycles. The smallest absolute Gasteiger partial charge is 0.185 e. The molecular weight excluding hydrogens is 276 g/mol. The molecule has 0 aliphatic carbocycles. The molecule has 0 unspecified atom stereocenters. The van der Waals surface area contributed by atoms with Crippen molar-refractivity contribution < 1.29 is 13.9 Å². The minimum Gasteiger partial charge on any atom is -0.496 e. The minimum atomic E-state index is 0.307. The molecule has 0 N–H and O–H groups in total. The SMILES string of the molecule is COc1cc(-c2ccccc2)c(C)cc1-c1ccc(C=O)o1. The summed E-state index contributed by atoms with van der Waals surface area (Å²) in [5.74, 6) is 1.65. The van der Waals surface area contributed by atoms with Crippen molar-refractivity contribution >= 4 is 6.29 Å². The summed E-state index contributed by atoms with van der Waals surface area (Å²) in [4.78, 5) is 10.8. The number of rotatable bonds is 4. The van der Waals surface area contributed by atoms with Crippen molar-refractivity contribution in [1.29, 1.82) is 0 Å². The van der Waals surface area contributed by atoms with Crippen LogP contribution in [0.5, 0.6) is 5.75 Å². The van der Waals surface area contributed by atoms with Gasteiger partial charge in [0.25, 0.3) is 0 Å². The molecule has 0 bridgehead atoms. The number of methoxy groups -OCH3 is 1. The number of hydrogen-bond donors (Lipinski definition) is 0. The molecule has 0 radical (unpaired) electrons. The van der Waals surface area contributed by atoms with Crippen LogP contribution in [0.15, 0.2) is 59.0 Å². The summed E-state index contributed by atoms with van der Waals surface area (Å²) >= 11 is 0. The molecule has 0 amide bonds. The van der Waals surface area contributed by atoms with Gasteiger partial charge in [0, 0.05) is 0 Å². The van der Waals surface area contributed by atoms with Gasteiger partial charge in [0.15, 0.2) is 12.0 Å². The van der Waals surface area contributed by atoms with Crippen LogP contribution < -0.4 is 4.74 Å². The first-order valence-electron chi connectivity index (χ1n) is 7.02. The fraction of sp³-hybridized carbons (Fsp3) is 0.105. The molecule has 3 nitrogen and oxygen atoms in total. The highest BCUT2D eigenvalue weighted by Gasteiger charge is 2.14. The molecule has 3 rings (SSSR count). The highest BCUT2D eigenvalue weighted by molar-refractivity contribution is 5.78. The predicted molar refractivity (Wildman–Crippen MR) is 86.3 cm³/mol. The summed E-state index contributed by atoms with van der Waals surface area (Å²) in [5, 5.41) is 0. The molecule has 110 valence electrons. The Balaban J connectivity index is 2.13. The summed E-state index contributed by atoms with van der Waals surface area (Å²) in [6.45, 7) is 2.05. The van der Waals surface area contributed by atoms with Crippen LogP contribution in [0.3, 0.4) is 0 Å². The third-order valence-electron chi connectivity index (χ3n) is 3.64. The number of hydrogen-bond acceptors (Lipinski definition) is 3. The Morgan fingerprint density at radius 3 is 2.41 bits per heavy atom. The van der Waals surface area contributed by atoms with E-state index in [9.17, 15) is 4.79 Å². The fourth-order valence-electron chi connectivity index (χ4n) is 2.54. The second-order valence-corrected chi connectivity index (χ2v) is 5.05. The van der Waals surface area contributed by atoms with Crippen LogP contribution in [0, 0.1) is 6.92 Å². The van der Waals surface area contributed by atoms with Crippen molar-refractivity contribution in [2.24, 2.45) is 0 Å². The highest BCUT2D eigenvalue weighted by atomic mass is 16.5. The Kier molecular flexibility index (Phi) is 3.79. The molecule has 1 heterocycles. The molecule has 0 spiro atoms. The van der Waals surface area contributed by atoms with Crippen molar-refractivity contribution in [3.05, 3.63) is 65.9 Å². The van der Waals surface area contributed by atoms with Gasteiger partial charge in [-0.2, -0.15) is 0 Å². The topological polar surface area (TPSA) is 39.4 Å². The lowest BCUT2D eigenvalue weighted by Gasteiger charge is -2.12. The first-order chi connectivity index (χ1) is 10.7. The largest absolute Gasteiger partial charge is 0.496 e. The third-order valence-corrected chi connectivity index (χ3v) is 3.64. The van der Waals surface area contributed by atoms with Crippen molar-refractivity contribution in [2.45, 2.75) is 6.92 Å². The molecular formula is C19H16O3. The Morgan fingerprint density at radius 1 is 1.00 bits per heavy atom. The number of ether oxygens (including phenoxy) is 1. The van der Waals surface area contributed by atoms with Gasteiger partial charge in [0.05, 0.1) is 12.7 Å². The van der Waals surface area contributed by atoms with Gasteiger partial charge in [0.1, 0.15) is 11.5 Å². The van der Waals surface area contributed by atoms with Crippen molar-refractivity contribution in [3.63, 3.8) is 0 Å². The van der Waals surface area contributed by atoms with E-state index in [1.165, 1.54) is 0 Å². The Labute approximate surface area is 129 Å². The first kappa shape index (κ1) is 14.1. The van der Waals surface area contributed by atoms with Gasteiger partial charge >= 0.3 is 0 Å². The predicted octanol–water partition coefficient (Wildman–Crippen LogP) is 4.74. The van der Waals surface area contributed by atoms with E-state index in [0.29, 0.717) is 17.8 Å². The number of benzene rings is 2. The van der Waals surface area contributed by atoms with Gasteiger partial charge in [-0.3, -0.25) is 4.79 Å². The molecule has 0 saturated heterocycles. The van der Waals surface area contributed by atoms with Gasteiger partial charge in [-0.1, -0.05) is 30.3 Å². The number of aryl methyl sites for hydroxylation is 1. The Hall–Kier alpha value is -2.81. The monoisotopic (exact) mass is 292 g/mol. The first-order valence-corrected chi connectivity index (χ1v) is 7.02. The maximum Gasteiger partial charge on any atom is 0.185 e. The maximum absolute atomic E-state index is 10.8. The average Bonchev–Trinajstić information content (AvgIpc) is 3.04. The van der Waals surface area contributed by atoms with Gasteiger partial charge in [0.2, 0.25) is 0 Å². The van der Waals surface area contributed by atoms with Gasteiger partial charge in [-0.25, -0.2) is 0 Å². The summed E-state index contributed by atoms with van der Waals surface area (Å²) in [6.07, 6.45) is 0.696. The van der Waals surface area contributed by atoms with Gasteiger partial charge < -0.3 is 9.15 Å². The number of aldehydes is 1. The van der Waals surface area contributed by atoms with E-state index in [1.54, 1.807) is 19.2 Å². The van der Waals surface area contributed by atoms with Crippen LogP contribution in [-0.2, 0) is 0 Å². The van der Waals surface area contributed by atoms with Crippen molar-refractivity contribution in [3.8, 4) is 28.2 Å². The Morgan fingerprint density at radius 2 is 1.77 bits per heavy atom. The summed E-state index contributed by atoms with van der Waals surface area (Å²) in [7, 11) is 1.63. The van der Waals surface area contributed by atoms with E-state index in [2.05, 4.69) is 19.1 Å². The lowest BCUT2D eigenvalue weighted by atomic mass is 9.97. The molecule has 0 atom stereocenters. The molecule has 0 aliphatic heterocycles. The van der Waals surface area contributed by atoms with Crippen LogP contribution in [0.2, 0.25) is 0 Å². The third kappa shape index (κ3) is 2.53. The number of carbonyl (C=O) groups is 1. The summed E-state index contributed by atoms with van der Waals surface area (Å²) < 4.78 is 11.0. The highest BCUT2D eigenvalue weighted by Crippen LogP contribution is 2.37. The molecule has 2 aromatic carbocycles. The summed E-state index contributed by atoms with van der Waals surface area (Å²) in [6, 6.07) is 17.6. The lowest BCUT2D eigenvalue weighted by molar-refractivity contribution is 0.110. The Bertz CT molecular complexity index is 801. The van der Waals surface area contributed by atoms with E-state index in [-0.39, 0.29) is 0 Å². The number of furan rings is 1. The second kappa shape index (κ2) is 5.90. The van der Waals surface area contributed by atoms with Crippen molar-refractivity contribution in [2.75, 3.05) is 7.11 Å². The molecule has 3 heteroatoms. The summed E-state index contributed by atoms with van der Waals surface area (Å²) in [5.41, 5.74) is 4.21. The van der Waals surface area contributed by atoms with Crippen LogP contribution in [0.25, 0.3) is 22.5 Å². The second-order valence-electron chi connectivity index (χ2n) is 5.05. The van der Waals surface area contributed by atoms with E-state index in [1.807, 2.05) is 30.3 Å². The van der Waals surface area contributed by atoms with E-state index >= 15 is 0 Å². The molecule has 1 aromatic heterocycles. The number of carbonyl (C=O) groups excluding carboxylic acids is 1. The zero-order chi connectivity index (χ0) is 15.5. The van der Waals surface area contributed by atoms with Crippen LogP contribution in [-0.4, -0.2) is 13.4 Å². The molecule has 3 aromatic rings. The zero-order valence-corrected chi connectivity index (χ0v) is 12.5. The lowest BCUT2D eigenvalue weighted by Crippen LogP contribution is -1.91. The normalized spacial score (nSPS) is 10.5. The molecule has 22 heavy (non-hydrogen) atoms. The van der Waals surface area contributed by atoms with Crippen molar-refractivity contribution in [1.82, 2.24) is 0 Å². The minimum absolute atomic E-state index is 0.307. The zero-order valence-electron chi connectivity index (χ0n) is 12.5. The van der Waals surface area contributed by atoms with Crippen LogP contribution in [0.4, 0.5) is 0 Å².